The third-order valence-electron chi connectivity index (χ3n) is 5.49. The summed E-state index contributed by atoms with van der Waals surface area (Å²) in [6.45, 7) is 0.955. The zero-order valence-electron chi connectivity index (χ0n) is 20.8. The maximum atomic E-state index is 13.8. The second-order valence-corrected chi connectivity index (χ2v) is 10.2. The lowest BCUT2D eigenvalue weighted by Gasteiger charge is -2.23. The molecule has 0 saturated heterocycles. The molecule has 0 aliphatic rings. The molecule has 2 amide bonds. The summed E-state index contributed by atoms with van der Waals surface area (Å²) in [4.78, 5) is 24.9. The molecular weight excluding hydrogens is 638 g/mol. The third kappa shape index (κ3) is 9.71. The molecule has 0 aliphatic carbocycles. The zero-order chi connectivity index (χ0) is 31.5. The Hall–Kier alpha value is -2.64. The van der Waals surface area contributed by atoms with Crippen molar-refractivity contribution in [3.63, 3.8) is 0 Å². The molecule has 0 radical (unpaired) electrons. The van der Waals surface area contributed by atoms with E-state index in [9.17, 15) is 49.1 Å². The number of amides is 2. The number of hydrogen-bond acceptors (Lipinski definition) is 2. The number of nitrogens with one attached hydrogen (secondary N) is 2. The molecule has 2 unspecified atom stereocenters. The van der Waals surface area contributed by atoms with Gasteiger partial charge in [0.1, 0.15) is 12.6 Å². The summed E-state index contributed by atoms with van der Waals surface area (Å²) in [5, 5.41) is 2.79. The van der Waals surface area contributed by atoms with E-state index in [4.69, 9.17) is 34.8 Å². The zero-order valence-corrected chi connectivity index (χ0v) is 23.1. The SMILES string of the molecule is CC(C)C(NC(=O)c1ccc(/C=C/C(c2cc(Cl)c(Cl)c(Cl)c2)C(F)(F)F)cc1C(F)(F)F)C(=O)NCC(F)(F)F. The van der Waals surface area contributed by atoms with Crippen LogP contribution < -0.4 is 10.6 Å². The number of hydrogen-bond donors (Lipinski definition) is 2. The van der Waals surface area contributed by atoms with Crippen LogP contribution in [-0.4, -0.2) is 36.8 Å². The molecule has 0 aromatic heterocycles. The van der Waals surface area contributed by atoms with Gasteiger partial charge in [-0.2, -0.15) is 39.5 Å². The van der Waals surface area contributed by atoms with Crippen molar-refractivity contribution in [2.24, 2.45) is 5.92 Å². The van der Waals surface area contributed by atoms with Crippen LogP contribution in [0.2, 0.25) is 15.1 Å². The summed E-state index contributed by atoms with van der Waals surface area (Å²) in [5.41, 5.74) is -3.38. The predicted molar refractivity (Wildman–Crippen MR) is 136 cm³/mol. The van der Waals surface area contributed by atoms with Gasteiger partial charge >= 0.3 is 18.5 Å². The summed E-state index contributed by atoms with van der Waals surface area (Å²) < 4.78 is 120. The van der Waals surface area contributed by atoms with Gasteiger partial charge in [0.25, 0.3) is 5.91 Å². The first-order valence-electron chi connectivity index (χ1n) is 11.4. The van der Waals surface area contributed by atoms with Gasteiger partial charge < -0.3 is 10.6 Å². The molecule has 0 bridgehead atoms. The molecule has 2 aromatic carbocycles. The molecule has 0 heterocycles. The minimum absolute atomic E-state index is 0.191. The Morgan fingerprint density at radius 1 is 0.902 bits per heavy atom. The fraction of sp³-hybridized carbons (Fsp3) is 0.360. The lowest BCUT2D eigenvalue weighted by Crippen LogP contribution is -2.51. The number of carbonyl (C=O) groups is 2. The van der Waals surface area contributed by atoms with E-state index in [1.165, 1.54) is 13.8 Å². The van der Waals surface area contributed by atoms with Gasteiger partial charge in [-0.25, -0.2) is 0 Å². The largest absolute Gasteiger partial charge is 0.417 e. The van der Waals surface area contributed by atoms with Gasteiger partial charge in [0.15, 0.2) is 0 Å². The molecule has 0 fully saturated rings. The minimum atomic E-state index is -5.18. The normalized spacial score (nSPS) is 14.3. The molecule has 2 aromatic rings. The van der Waals surface area contributed by atoms with E-state index in [1.54, 1.807) is 5.32 Å². The molecule has 2 atom stereocenters. The summed E-state index contributed by atoms with van der Waals surface area (Å²) in [7, 11) is 0. The van der Waals surface area contributed by atoms with E-state index in [2.05, 4.69) is 0 Å². The molecule has 16 heteroatoms. The molecule has 226 valence electrons. The maximum absolute atomic E-state index is 13.8. The van der Waals surface area contributed by atoms with Gasteiger partial charge in [-0.05, 0) is 41.3 Å². The molecule has 0 saturated carbocycles. The van der Waals surface area contributed by atoms with Crippen LogP contribution >= 0.6 is 34.8 Å². The quantitative estimate of drug-likeness (QED) is 0.221. The van der Waals surface area contributed by atoms with Gasteiger partial charge in [0, 0.05) is 0 Å². The molecule has 0 aliphatic heterocycles. The minimum Gasteiger partial charge on any atom is -0.345 e. The van der Waals surface area contributed by atoms with E-state index < -0.39 is 71.5 Å². The number of carbonyl (C=O) groups excluding carboxylic acids is 2. The Balaban J connectivity index is 2.43. The highest BCUT2D eigenvalue weighted by atomic mass is 35.5. The average molecular weight is 658 g/mol. The Bertz CT molecular complexity index is 1280. The van der Waals surface area contributed by atoms with Crippen molar-refractivity contribution in [1.29, 1.82) is 0 Å². The highest BCUT2D eigenvalue weighted by molar-refractivity contribution is 6.48. The molecule has 0 spiro atoms. The highest BCUT2D eigenvalue weighted by Gasteiger charge is 2.40. The predicted octanol–water partition coefficient (Wildman–Crippen LogP) is 8.46. The van der Waals surface area contributed by atoms with E-state index in [1.807, 2.05) is 5.32 Å². The van der Waals surface area contributed by atoms with E-state index in [-0.39, 0.29) is 20.6 Å². The van der Waals surface area contributed by atoms with Gasteiger partial charge in [0.2, 0.25) is 5.91 Å². The maximum Gasteiger partial charge on any atom is 0.417 e. The van der Waals surface area contributed by atoms with Gasteiger partial charge in [-0.1, -0.05) is 66.9 Å². The standard InChI is InChI=1S/C25H20Cl3F9N2O2/c1-11(2)20(22(41)38-10-23(29,30)31)39-21(40)14-5-3-12(7-16(14)25(35,36)37)4-6-15(24(32,33)34)13-8-17(26)19(28)18(27)9-13/h3-9,11,15,20H,10H2,1-2H3,(H,38,41)(H,39,40)/b6-4+. The molecule has 4 nitrogen and oxygen atoms in total. The van der Waals surface area contributed by atoms with Gasteiger partial charge in [-0.3, -0.25) is 9.59 Å². The summed E-state index contributed by atoms with van der Waals surface area (Å²) >= 11 is 17.4. The molecule has 41 heavy (non-hydrogen) atoms. The topological polar surface area (TPSA) is 58.2 Å². The second-order valence-electron chi connectivity index (χ2n) is 9.01. The van der Waals surface area contributed by atoms with Crippen LogP contribution in [-0.2, 0) is 11.0 Å². The van der Waals surface area contributed by atoms with Crippen molar-refractivity contribution in [3.8, 4) is 0 Å². The van der Waals surface area contributed by atoms with Crippen molar-refractivity contribution in [2.45, 2.75) is 44.3 Å². The Morgan fingerprint density at radius 3 is 1.93 bits per heavy atom. The van der Waals surface area contributed by atoms with Crippen LogP contribution in [0.25, 0.3) is 6.08 Å². The van der Waals surface area contributed by atoms with Crippen LogP contribution in [0.15, 0.2) is 36.4 Å². The second kappa shape index (κ2) is 13.1. The van der Waals surface area contributed by atoms with Crippen LogP contribution in [0.5, 0.6) is 0 Å². The first-order chi connectivity index (χ1) is 18.6. The number of benzene rings is 2. The number of alkyl halides is 9. The first-order valence-corrected chi connectivity index (χ1v) is 12.5. The van der Waals surface area contributed by atoms with Crippen molar-refractivity contribution in [1.82, 2.24) is 10.6 Å². The van der Waals surface area contributed by atoms with Crippen LogP contribution in [0, 0.1) is 5.92 Å². The molecule has 2 rings (SSSR count). The smallest absolute Gasteiger partial charge is 0.345 e. The average Bonchev–Trinajstić information content (AvgIpc) is 2.82. The van der Waals surface area contributed by atoms with Crippen molar-refractivity contribution < 1.29 is 49.1 Å². The summed E-state index contributed by atoms with van der Waals surface area (Å²) in [6.07, 6.45) is -13.6. The van der Waals surface area contributed by atoms with Crippen molar-refractivity contribution in [3.05, 3.63) is 73.7 Å². The van der Waals surface area contributed by atoms with E-state index >= 15 is 0 Å². The third-order valence-corrected chi connectivity index (χ3v) is 6.69. The Morgan fingerprint density at radius 2 is 1.46 bits per heavy atom. The monoisotopic (exact) mass is 656 g/mol. The summed E-state index contributed by atoms with van der Waals surface area (Å²) in [5.74, 6) is -5.89. The number of rotatable bonds is 8. The molecule has 2 N–H and O–H groups in total. The summed E-state index contributed by atoms with van der Waals surface area (Å²) in [6, 6.07) is 2.18. The number of halogens is 12. The van der Waals surface area contributed by atoms with E-state index in [0.29, 0.717) is 18.2 Å². The van der Waals surface area contributed by atoms with Crippen LogP contribution in [0.1, 0.15) is 46.8 Å². The van der Waals surface area contributed by atoms with E-state index in [0.717, 1.165) is 24.3 Å². The van der Waals surface area contributed by atoms with Crippen LogP contribution in [0.3, 0.4) is 0 Å². The first kappa shape index (κ1) is 34.6. The van der Waals surface area contributed by atoms with Crippen LogP contribution in [0.4, 0.5) is 39.5 Å². The Labute approximate surface area is 242 Å². The fourth-order valence-electron chi connectivity index (χ4n) is 3.52. The highest BCUT2D eigenvalue weighted by Crippen LogP contribution is 2.41. The van der Waals surface area contributed by atoms with Gasteiger partial charge in [0.05, 0.1) is 32.1 Å². The lowest BCUT2D eigenvalue weighted by molar-refractivity contribution is -0.140. The number of allylic oxidation sites excluding steroid dienone is 1. The Kier molecular flexibility index (Phi) is 11.1. The molecular formula is C25H20Cl3F9N2O2. The van der Waals surface area contributed by atoms with Crippen molar-refractivity contribution in [2.75, 3.05) is 6.54 Å². The van der Waals surface area contributed by atoms with Crippen molar-refractivity contribution >= 4 is 52.7 Å². The lowest BCUT2D eigenvalue weighted by atomic mass is 9.96. The van der Waals surface area contributed by atoms with Gasteiger partial charge in [-0.15, -0.1) is 0 Å². The fourth-order valence-corrected chi connectivity index (χ4v) is 4.13.